The average molecular weight is 461 g/mol. The van der Waals surface area contributed by atoms with Crippen molar-refractivity contribution in [3.63, 3.8) is 0 Å². The number of nitrogens with zero attached hydrogens (tertiary/aromatic N) is 1. The van der Waals surface area contributed by atoms with Crippen LogP contribution in [0.15, 0.2) is 78.4 Å². The van der Waals surface area contributed by atoms with E-state index in [0.29, 0.717) is 18.5 Å². The van der Waals surface area contributed by atoms with Crippen molar-refractivity contribution in [3.05, 3.63) is 100 Å². The van der Waals surface area contributed by atoms with Gasteiger partial charge in [0.2, 0.25) is 0 Å². The van der Waals surface area contributed by atoms with E-state index in [1.165, 1.54) is 19.3 Å². The molecule has 0 saturated carbocycles. The van der Waals surface area contributed by atoms with Crippen LogP contribution in [0.2, 0.25) is 5.02 Å². The van der Waals surface area contributed by atoms with Crippen LogP contribution in [0.3, 0.4) is 0 Å². The number of esters is 1. The Kier molecular flexibility index (Phi) is 8.23. The van der Waals surface area contributed by atoms with E-state index in [2.05, 4.69) is 5.32 Å². The smallest absolute Gasteiger partial charge is 0.345 e. The Bertz CT molecular complexity index is 1220. The number of benzene rings is 3. The van der Waals surface area contributed by atoms with Gasteiger partial charge in [0.25, 0.3) is 5.91 Å². The molecule has 0 aliphatic carbocycles. The number of carbonyl (C=O) groups is 2. The number of ether oxygens (including phenoxy) is 2. The van der Waals surface area contributed by atoms with Crippen LogP contribution < -0.4 is 14.8 Å². The highest BCUT2D eigenvalue weighted by Crippen LogP contribution is 2.30. The Morgan fingerprint density at radius 3 is 2.45 bits per heavy atom. The summed E-state index contributed by atoms with van der Waals surface area (Å²) in [7, 11) is 1.43. The summed E-state index contributed by atoms with van der Waals surface area (Å²) in [5.74, 6) is -0.643. The summed E-state index contributed by atoms with van der Waals surface area (Å²) < 4.78 is 10.7. The Morgan fingerprint density at radius 2 is 1.76 bits per heavy atom. The molecule has 33 heavy (non-hydrogen) atoms. The van der Waals surface area contributed by atoms with E-state index in [1.807, 2.05) is 36.4 Å². The number of amides is 1. The van der Waals surface area contributed by atoms with Crippen molar-refractivity contribution in [2.45, 2.75) is 6.42 Å². The van der Waals surface area contributed by atoms with Crippen LogP contribution in [-0.2, 0) is 11.2 Å². The molecule has 166 valence electrons. The number of halogens is 1. The molecular formula is C26H21ClN2O4. The lowest BCUT2D eigenvalue weighted by Crippen LogP contribution is -2.26. The fourth-order valence-electron chi connectivity index (χ4n) is 3.02. The number of methoxy groups -OCH3 is 1. The number of nitrogens with one attached hydrogen (secondary N) is 1. The standard InChI is InChI=1S/C26H21ClN2O4/c1-32-24-16-19(11-12-23(24)33-26(31)21-9-5-6-10-22(21)27)15-20(17-28)25(30)29-14-13-18-7-3-2-4-8-18/h2-12,15-16H,13-14H2,1H3,(H,29,30)/b20-15+. The molecule has 0 fully saturated rings. The quantitative estimate of drug-likeness (QED) is 0.225. The van der Waals surface area contributed by atoms with Gasteiger partial charge in [-0.3, -0.25) is 4.79 Å². The second-order valence-corrected chi connectivity index (χ2v) is 7.35. The first-order chi connectivity index (χ1) is 16.0. The van der Waals surface area contributed by atoms with E-state index in [-0.39, 0.29) is 27.7 Å². The predicted octanol–water partition coefficient (Wildman–Crippen LogP) is 4.83. The Labute approximate surface area is 197 Å². The van der Waals surface area contributed by atoms with E-state index < -0.39 is 11.9 Å². The van der Waals surface area contributed by atoms with Crippen molar-refractivity contribution >= 4 is 29.6 Å². The second kappa shape index (κ2) is 11.5. The minimum Gasteiger partial charge on any atom is -0.493 e. The summed E-state index contributed by atoms with van der Waals surface area (Å²) in [4.78, 5) is 24.8. The van der Waals surface area contributed by atoms with Crippen molar-refractivity contribution in [3.8, 4) is 17.6 Å². The average Bonchev–Trinajstić information content (AvgIpc) is 2.84. The summed E-state index contributed by atoms with van der Waals surface area (Å²) in [5, 5.41) is 12.5. The molecule has 0 radical (unpaired) electrons. The van der Waals surface area contributed by atoms with E-state index in [9.17, 15) is 14.9 Å². The fourth-order valence-corrected chi connectivity index (χ4v) is 3.23. The van der Waals surface area contributed by atoms with Gasteiger partial charge in [-0.1, -0.05) is 60.1 Å². The van der Waals surface area contributed by atoms with Crippen LogP contribution in [0.25, 0.3) is 6.08 Å². The Hall–Kier alpha value is -4.08. The predicted molar refractivity (Wildman–Crippen MR) is 126 cm³/mol. The Morgan fingerprint density at radius 1 is 1.03 bits per heavy atom. The monoisotopic (exact) mass is 460 g/mol. The Balaban J connectivity index is 1.70. The molecule has 6 nitrogen and oxygen atoms in total. The molecule has 0 heterocycles. The minimum absolute atomic E-state index is 0.0501. The summed E-state index contributed by atoms with van der Waals surface area (Å²) in [5.41, 5.74) is 1.81. The number of hydrogen-bond acceptors (Lipinski definition) is 5. The highest BCUT2D eigenvalue weighted by molar-refractivity contribution is 6.33. The second-order valence-electron chi connectivity index (χ2n) is 6.94. The van der Waals surface area contributed by atoms with Gasteiger partial charge < -0.3 is 14.8 Å². The molecule has 1 N–H and O–H groups in total. The molecule has 0 aliphatic heterocycles. The highest BCUT2D eigenvalue weighted by atomic mass is 35.5. The number of hydrogen-bond donors (Lipinski definition) is 1. The molecule has 0 aromatic heterocycles. The first kappa shape index (κ1) is 23.6. The lowest BCUT2D eigenvalue weighted by molar-refractivity contribution is -0.117. The molecule has 3 rings (SSSR count). The topological polar surface area (TPSA) is 88.4 Å². The van der Waals surface area contributed by atoms with Gasteiger partial charge in [-0.25, -0.2) is 4.79 Å². The van der Waals surface area contributed by atoms with Gasteiger partial charge in [-0.15, -0.1) is 0 Å². The van der Waals surface area contributed by atoms with Crippen molar-refractivity contribution in [1.82, 2.24) is 5.32 Å². The molecule has 0 unspecified atom stereocenters. The van der Waals surface area contributed by atoms with Crippen LogP contribution in [0.1, 0.15) is 21.5 Å². The van der Waals surface area contributed by atoms with Gasteiger partial charge in [0.1, 0.15) is 11.6 Å². The maximum Gasteiger partial charge on any atom is 0.345 e. The molecule has 0 bridgehead atoms. The first-order valence-corrected chi connectivity index (χ1v) is 10.5. The molecule has 1 amide bonds. The molecule has 7 heteroatoms. The maximum atomic E-state index is 12.4. The third-order valence-electron chi connectivity index (χ3n) is 4.70. The van der Waals surface area contributed by atoms with Crippen LogP contribution in [0, 0.1) is 11.3 Å². The summed E-state index contributed by atoms with van der Waals surface area (Å²) >= 11 is 6.05. The third kappa shape index (κ3) is 6.45. The molecule has 0 atom stereocenters. The molecule has 0 aliphatic rings. The largest absolute Gasteiger partial charge is 0.493 e. The van der Waals surface area contributed by atoms with Gasteiger partial charge in [-0.2, -0.15) is 5.26 Å². The first-order valence-electron chi connectivity index (χ1n) is 10.1. The van der Waals surface area contributed by atoms with E-state index in [1.54, 1.807) is 36.4 Å². The lowest BCUT2D eigenvalue weighted by atomic mass is 10.1. The summed E-state index contributed by atoms with van der Waals surface area (Å²) in [6.07, 6.45) is 2.10. The zero-order chi connectivity index (χ0) is 23.6. The van der Waals surface area contributed by atoms with Gasteiger partial charge in [0.05, 0.1) is 17.7 Å². The van der Waals surface area contributed by atoms with Crippen LogP contribution in [0.4, 0.5) is 0 Å². The summed E-state index contributed by atoms with van der Waals surface area (Å²) in [6, 6.07) is 22.9. The van der Waals surface area contributed by atoms with Crippen molar-refractivity contribution in [2.24, 2.45) is 0 Å². The normalized spacial score (nSPS) is 10.8. The van der Waals surface area contributed by atoms with Gasteiger partial charge in [0, 0.05) is 6.54 Å². The van der Waals surface area contributed by atoms with Crippen LogP contribution in [0.5, 0.6) is 11.5 Å². The maximum absolute atomic E-state index is 12.4. The molecule has 3 aromatic rings. The van der Waals surface area contributed by atoms with E-state index in [4.69, 9.17) is 21.1 Å². The third-order valence-corrected chi connectivity index (χ3v) is 5.03. The fraction of sp³-hybridized carbons (Fsp3) is 0.115. The number of nitriles is 1. The van der Waals surface area contributed by atoms with E-state index >= 15 is 0 Å². The number of rotatable bonds is 8. The van der Waals surface area contributed by atoms with Gasteiger partial charge >= 0.3 is 5.97 Å². The van der Waals surface area contributed by atoms with Crippen LogP contribution in [-0.4, -0.2) is 25.5 Å². The van der Waals surface area contributed by atoms with Gasteiger partial charge in [-0.05, 0) is 47.9 Å². The van der Waals surface area contributed by atoms with Gasteiger partial charge in [0.15, 0.2) is 11.5 Å². The number of carbonyl (C=O) groups excluding carboxylic acids is 2. The van der Waals surface area contributed by atoms with Crippen molar-refractivity contribution in [2.75, 3.05) is 13.7 Å². The summed E-state index contributed by atoms with van der Waals surface area (Å²) in [6.45, 7) is 0.405. The van der Waals surface area contributed by atoms with E-state index in [0.717, 1.165) is 5.56 Å². The molecule has 0 spiro atoms. The SMILES string of the molecule is COc1cc(/C=C(\C#N)C(=O)NCCc2ccccc2)ccc1OC(=O)c1ccccc1Cl. The molecule has 0 saturated heterocycles. The van der Waals surface area contributed by atoms with Crippen LogP contribution >= 0.6 is 11.6 Å². The zero-order valence-corrected chi connectivity index (χ0v) is 18.6. The lowest BCUT2D eigenvalue weighted by Gasteiger charge is -2.11. The zero-order valence-electron chi connectivity index (χ0n) is 17.9. The highest BCUT2D eigenvalue weighted by Gasteiger charge is 2.16. The molecule has 3 aromatic carbocycles. The van der Waals surface area contributed by atoms with Crippen molar-refractivity contribution in [1.29, 1.82) is 5.26 Å². The minimum atomic E-state index is -0.627. The molecular weight excluding hydrogens is 440 g/mol. The van der Waals surface area contributed by atoms with Crippen molar-refractivity contribution < 1.29 is 19.1 Å².